The molecule has 1 heterocycles. The smallest absolute Gasteiger partial charge is 0.147 e. The summed E-state index contributed by atoms with van der Waals surface area (Å²) in [6, 6.07) is 1.45. The Labute approximate surface area is 103 Å². The molecule has 1 rings (SSSR count). The number of halogens is 2. The van der Waals surface area contributed by atoms with Gasteiger partial charge >= 0.3 is 0 Å². The fourth-order valence-corrected chi connectivity index (χ4v) is 1.39. The average molecular weight is 266 g/mol. The number of aliphatic hydroxyl groups excluding tert-OH is 2. The SMILES string of the molecule is CC(CO)(CO)Nc1nc(N)c(Cl)cc1Cl. The maximum Gasteiger partial charge on any atom is 0.147 e. The molecule has 0 spiro atoms. The summed E-state index contributed by atoms with van der Waals surface area (Å²) >= 11 is 11.6. The third-order valence-electron chi connectivity index (χ3n) is 2.07. The van der Waals surface area contributed by atoms with Crippen LogP contribution in [0.1, 0.15) is 6.92 Å². The number of anilines is 2. The minimum absolute atomic E-state index is 0.131. The molecule has 0 atom stereocenters. The Balaban J connectivity index is 3.01. The molecule has 5 N–H and O–H groups in total. The first-order chi connectivity index (χ1) is 7.41. The van der Waals surface area contributed by atoms with E-state index < -0.39 is 5.54 Å². The molecule has 0 aliphatic rings. The predicted molar refractivity (Wildman–Crippen MR) is 64.9 cm³/mol. The molecule has 0 amide bonds. The van der Waals surface area contributed by atoms with Gasteiger partial charge in [0, 0.05) is 0 Å². The summed E-state index contributed by atoms with van der Waals surface area (Å²) < 4.78 is 0. The Bertz CT molecular complexity index is 383. The van der Waals surface area contributed by atoms with Crippen LogP contribution in [-0.4, -0.2) is 33.9 Å². The first-order valence-electron chi connectivity index (χ1n) is 4.53. The molecule has 0 fully saturated rings. The van der Waals surface area contributed by atoms with Gasteiger partial charge in [-0.3, -0.25) is 0 Å². The van der Waals surface area contributed by atoms with Crippen LogP contribution in [0.15, 0.2) is 6.07 Å². The topological polar surface area (TPSA) is 91.4 Å². The Morgan fingerprint density at radius 2 is 1.94 bits per heavy atom. The number of hydrogen-bond acceptors (Lipinski definition) is 5. The minimum Gasteiger partial charge on any atom is -0.394 e. The van der Waals surface area contributed by atoms with Gasteiger partial charge in [0.1, 0.15) is 11.6 Å². The van der Waals surface area contributed by atoms with Crippen molar-refractivity contribution in [3.05, 3.63) is 16.1 Å². The lowest BCUT2D eigenvalue weighted by atomic mass is 10.1. The van der Waals surface area contributed by atoms with Gasteiger partial charge in [-0.05, 0) is 13.0 Å². The molecule has 0 bridgehead atoms. The van der Waals surface area contributed by atoms with E-state index in [0.29, 0.717) is 0 Å². The van der Waals surface area contributed by atoms with Crippen LogP contribution >= 0.6 is 23.2 Å². The number of aliphatic hydroxyl groups is 2. The van der Waals surface area contributed by atoms with Crippen LogP contribution in [0.4, 0.5) is 11.6 Å². The Hall–Kier alpha value is -0.750. The first kappa shape index (κ1) is 13.3. The van der Waals surface area contributed by atoms with Crippen molar-refractivity contribution in [3.8, 4) is 0 Å². The predicted octanol–water partition coefficient (Wildman–Crippen LogP) is 1.13. The number of rotatable bonds is 4. The average Bonchev–Trinajstić information content (AvgIpc) is 2.25. The number of aromatic nitrogens is 1. The summed E-state index contributed by atoms with van der Waals surface area (Å²) in [5, 5.41) is 21.6. The summed E-state index contributed by atoms with van der Waals surface area (Å²) in [5.74, 6) is 0.404. The molecule has 16 heavy (non-hydrogen) atoms. The van der Waals surface area contributed by atoms with Gasteiger partial charge in [0.2, 0.25) is 0 Å². The molecule has 0 radical (unpaired) electrons. The van der Waals surface area contributed by atoms with Crippen molar-refractivity contribution in [1.29, 1.82) is 0 Å². The van der Waals surface area contributed by atoms with Crippen LogP contribution in [-0.2, 0) is 0 Å². The summed E-state index contributed by atoms with van der Waals surface area (Å²) in [4.78, 5) is 3.93. The fourth-order valence-electron chi connectivity index (χ4n) is 0.983. The highest BCUT2D eigenvalue weighted by Gasteiger charge is 2.24. The van der Waals surface area contributed by atoms with Gasteiger partial charge in [0.25, 0.3) is 0 Å². The zero-order valence-corrected chi connectivity index (χ0v) is 10.2. The van der Waals surface area contributed by atoms with E-state index in [1.165, 1.54) is 6.07 Å². The summed E-state index contributed by atoms with van der Waals surface area (Å²) in [5.41, 5.74) is 4.60. The maximum atomic E-state index is 9.11. The van der Waals surface area contributed by atoms with Crippen LogP contribution in [0.2, 0.25) is 10.0 Å². The van der Waals surface area contributed by atoms with Crippen LogP contribution in [0, 0.1) is 0 Å². The second-order valence-corrected chi connectivity index (χ2v) is 4.50. The van der Waals surface area contributed by atoms with E-state index in [1.54, 1.807) is 6.92 Å². The number of nitrogens with one attached hydrogen (secondary N) is 1. The number of nitrogens with zero attached hydrogens (tertiary/aromatic N) is 1. The van der Waals surface area contributed by atoms with Crippen molar-refractivity contribution in [3.63, 3.8) is 0 Å². The second kappa shape index (κ2) is 5.05. The number of pyridine rings is 1. The molecule has 0 saturated carbocycles. The van der Waals surface area contributed by atoms with Crippen LogP contribution in [0.5, 0.6) is 0 Å². The standard InChI is InChI=1S/C9H13Cl2N3O2/c1-9(3-15,4-16)14-8-6(11)2-5(10)7(12)13-8/h2,15-16H,3-4H2,1H3,(H3,12,13,14). The number of nitrogen functional groups attached to an aromatic ring is 1. The summed E-state index contributed by atoms with van der Waals surface area (Å²) in [6.07, 6.45) is 0. The lowest BCUT2D eigenvalue weighted by Gasteiger charge is -2.27. The summed E-state index contributed by atoms with van der Waals surface area (Å²) in [6.45, 7) is 1.07. The minimum atomic E-state index is -0.920. The molecule has 0 saturated heterocycles. The quantitative estimate of drug-likeness (QED) is 0.655. The fraction of sp³-hybridized carbons (Fsp3) is 0.444. The van der Waals surface area contributed by atoms with Gasteiger partial charge in [-0.1, -0.05) is 23.2 Å². The lowest BCUT2D eigenvalue weighted by molar-refractivity contribution is 0.147. The van der Waals surface area contributed by atoms with E-state index in [9.17, 15) is 0 Å². The van der Waals surface area contributed by atoms with Crippen molar-refractivity contribution >= 4 is 34.8 Å². The van der Waals surface area contributed by atoms with Crippen molar-refractivity contribution in [2.75, 3.05) is 24.3 Å². The van der Waals surface area contributed by atoms with Crippen molar-refractivity contribution < 1.29 is 10.2 Å². The number of hydrogen-bond donors (Lipinski definition) is 4. The van der Waals surface area contributed by atoms with Crippen molar-refractivity contribution in [1.82, 2.24) is 4.98 Å². The third kappa shape index (κ3) is 2.89. The number of nitrogens with two attached hydrogens (primary N) is 1. The van der Waals surface area contributed by atoms with Gasteiger partial charge in [0.05, 0.1) is 28.8 Å². The van der Waals surface area contributed by atoms with Crippen LogP contribution in [0.3, 0.4) is 0 Å². The van der Waals surface area contributed by atoms with E-state index in [4.69, 9.17) is 39.1 Å². The highest BCUT2D eigenvalue weighted by molar-refractivity contribution is 6.37. The molecule has 7 heteroatoms. The molecule has 1 aromatic heterocycles. The van der Waals surface area contributed by atoms with E-state index in [-0.39, 0.29) is 34.9 Å². The maximum absolute atomic E-state index is 9.11. The Morgan fingerprint density at radius 1 is 1.38 bits per heavy atom. The molecule has 0 aliphatic heterocycles. The van der Waals surface area contributed by atoms with Crippen molar-refractivity contribution in [2.45, 2.75) is 12.5 Å². The Kier molecular flexibility index (Phi) is 4.21. The van der Waals surface area contributed by atoms with E-state index in [0.717, 1.165) is 0 Å². The van der Waals surface area contributed by atoms with Gasteiger partial charge in [0.15, 0.2) is 0 Å². The molecule has 0 aliphatic carbocycles. The second-order valence-electron chi connectivity index (χ2n) is 3.69. The van der Waals surface area contributed by atoms with E-state index in [1.807, 2.05) is 0 Å². The van der Waals surface area contributed by atoms with Crippen molar-refractivity contribution in [2.24, 2.45) is 0 Å². The zero-order chi connectivity index (χ0) is 12.3. The third-order valence-corrected chi connectivity index (χ3v) is 2.67. The molecule has 5 nitrogen and oxygen atoms in total. The molecule has 0 aromatic carbocycles. The monoisotopic (exact) mass is 265 g/mol. The van der Waals surface area contributed by atoms with Gasteiger partial charge in [-0.25, -0.2) is 4.98 Å². The molecule has 0 unspecified atom stereocenters. The highest BCUT2D eigenvalue weighted by atomic mass is 35.5. The molecule has 1 aromatic rings. The van der Waals surface area contributed by atoms with E-state index in [2.05, 4.69) is 10.3 Å². The van der Waals surface area contributed by atoms with Gasteiger partial charge < -0.3 is 21.3 Å². The first-order valence-corrected chi connectivity index (χ1v) is 5.29. The largest absolute Gasteiger partial charge is 0.394 e. The normalized spacial score (nSPS) is 11.6. The van der Waals surface area contributed by atoms with Crippen LogP contribution < -0.4 is 11.1 Å². The summed E-state index contributed by atoms with van der Waals surface area (Å²) in [7, 11) is 0. The molecular formula is C9H13Cl2N3O2. The molecule has 90 valence electrons. The van der Waals surface area contributed by atoms with Crippen LogP contribution in [0.25, 0.3) is 0 Å². The Morgan fingerprint density at radius 3 is 2.44 bits per heavy atom. The molecular weight excluding hydrogens is 253 g/mol. The zero-order valence-electron chi connectivity index (χ0n) is 8.67. The van der Waals surface area contributed by atoms with Gasteiger partial charge in [-0.2, -0.15) is 0 Å². The van der Waals surface area contributed by atoms with Gasteiger partial charge in [-0.15, -0.1) is 0 Å². The highest BCUT2D eigenvalue weighted by Crippen LogP contribution is 2.29. The lowest BCUT2D eigenvalue weighted by Crippen LogP contribution is -2.42. The van der Waals surface area contributed by atoms with E-state index >= 15 is 0 Å².